The van der Waals surface area contributed by atoms with Gasteiger partial charge in [0.25, 0.3) is 0 Å². The lowest BCUT2D eigenvalue weighted by Gasteiger charge is -2.41. The Morgan fingerprint density at radius 2 is 1.88 bits per heavy atom. The second kappa shape index (κ2) is 9.60. The number of esters is 2. The number of methoxy groups -OCH3 is 1. The van der Waals surface area contributed by atoms with Gasteiger partial charge in [0.15, 0.2) is 16.9 Å². The van der Waals surface area contributed by atoms with Crippen LogP contribution in [0.2, 0.25) is 0 Å². The maximum Gasteiger partial charge on any atom is 0.357 e. The fourth-order valence-electron chi connectivity index (χ4n) is 3.79. The number of para-hydroxylation sites is 1. The number of nitrogens with zero attached hydrogens (tertiary/aromatic N) is 2. The molecule has 11 nitrogen and oxygen atoms in total. The largest absolute Gasteiger partial charge is 0.464 e. The fourth-order valence-corrected chi connectivity index (χ4v) is 4.53. The van der Waals surface area contributed by atoms with E-state index in [1.165, 1.54) is 30.2 Å². The quantitative estimate of drug-likeness (QED) is 0.331. The number of aromatic nitrogens is 2. The Morgan fingerprint density at radius 3 is 2.59 bits per heavy atom. The lowest BCUT2D eigenvalue weighted by atomic mass is 9.98. The summed E-state index contributed by atoms with van der Waals surface area (Å²) in [5.74, 6) is -1.72. The average molecular weight is 490 g/mol. The zero-order valence-corrected chi connectivity index (χ0v) is 19.0. The Labute approximate surface area is 197 Å². The van der Waals surface area contributed by atoms with Gasteiger partial charge in [-0.05, 0) is 6.07 Å². The molecular formula is C22H22N2O9S. The summed E-state index contributed by atoms with van der Waals surface area (Å²) in [6, 6.07) is 6.85. The van der Waals surface area contributed by atoms with Crippen LogP contribution in [0.4, 0.5) is 0 Å². The third kappa shape index (κ3) is 4.33. The molecule has 3 aromatic rings. The van der Waals surface area contributed by atoms with E-state index in [0.29, 0.717) is 10.9 Å². The minimum atomic E-state index is -1.60. The molecule has 0 radical (unpaired) electrons. The summed E-state index contributed by atoms with van der Waals surface area (Å²) in [7, 11) is 1.21. The molecule has 1 aromatic carbocycles. The van der Waals surface area contributed by atoms with Gasteiger partial charge in [-0.3, -0.25) is 9.59 Å². The Balaban J connectivity index is 1.72. The Bertz CT molecular complexity index is 1240. The first-order chi connectivity index (χ1) is 16.2. The first-order valence-electron chi connectivity index (χ1n) is 10.2. The van der Waals surface area contributed by atoms with Gasteiger partial charge in [-0.1, -0.05) is 18.2 Å². The SMILES string of the molecule is COC(=O)c1csc(C(=O)c2cn(C3OC(COC(C)=O)C(O)C(O)C3O)c3ccccc23)n1. The van der Waals surface area contributed by atoms with E-state index in [2.05, 4.69) is 9.72 Å². The van der Waals surface area contributed by atoms with E-state index in [0.717, 1.165) is 11.3 Å². The summed E-state index contributed by atoms with van der Waals surface area (Å²) in [5.41, 5.74) is 0.750. The van der Waals surface area contributed by atoms with Gasteiger partial charge in [0.2, 0.25) is 5.78 Å². The van der Waals surface area contributed by atoms with Crippen LogP contribution in [0.25, 0.3) is 10.9 Å². The molecule has 1 aliphatic heterocycles. The molecular weight excluding hydrogens is 468 g/mol. The average Bonchev–Trinajstić information content (AvgIpc) is 3.47. The highest BCUT2D eigenvalue weighted by atomic mass is 32.1. The molecule has 1 saturated heterocycles. The van der Waals surface area contributed by atoms with Gasteiger partial charge in [0.05, 0.1) is 18.2 Å². The predicted molar refractivity (Wildman–Crippen MR) is 117 cm³/mol. The van der Waals surface area contributed by atoms with Crippen LogP contribution in [0, 0.1) is 0 Å². The van der Waals surface area contributed by atoms with Gasteiger partial charge in [-0.2, -0.15) is 0 Å². The Hall–Kier alpha value is -3.16. The second-order valence-corrected chi connectivity index (χ2v) is 8.52. The van der Waals surface area contributed by atoms with Crippen molar-refractivity contribution in [2.75, 3.05) is 13.7 Å². The number of ketones is 1. The molecule has 0 aliphatic carbocycles. The molecule has 0 bridgehead atoms. The lowest BCUT2D eigenvalue weighted by molar-refractivity contribution is -0.252. The molecule has 3 N–H and O–H groups in total. The van der Waals surface area contributed by atoms with Crippen LogP contribution in [-0.2, 0) is 19.0 Å². The van der Waals surface area contributed by atoms with Gasteiger partial charge in [-0.15, -0.1) is 11.3 Å². The number of carbonyl (C=O) groups excluding carboxylic acids is 3. The van der Waals surface area contributed by atoms with Gasteiger partial charge in [0, 0.05) is 23.9 Å². The van der Waals surface area contributed by atoms with Crippen molar-refractivity contribution in [3.63, 3.8) is 0 Å². The molecule has 2 aromatic heterocycles. The molecule has 180 valence electrons. The van der Waals surface area contributed by atoms with E-state index in [-0.39, 0.29) is 22.9 Å². The number of aliphatic hydroxyl groups excluding tert-OH is 3. The number of fused-ring (bicyclic) bond motifs is 1. The van der Waals surface area contributed by atoms with Crippen LogP contribution in [-0.4, -0.2) is 80.7 Å². The van der Waals surface area contributed by atoms with Crippen LogP contribution in [0.5, 0.6) is 0 Å². The van der Waals surface area contributed by atoms with E-state index >= 15 is 0 Å². The standard InChI is InChI=1S/C22H22N2O9S/c1-10(25)32-8-15-17(27)18(28)19(29)21(33-15)24-7-12(11-5-3-4-6-14(11)24)16(26)20-23-13(9-34-20)22(30)31-2/h3-7,9,15,17-19,21,27-29H,8H2,1-2H3. The molecule has 3 heterocycles. The number of hydrogen-bond donors (Lipinski definition) is 3. The van der Waals surface area contributed by atoms with Gasteiger partial charge in [-0.25, -0.2) is 9.78 Å². The summed E-state index contributed by atoms with van der Waals surface area (Å²) in [5, 5.41) is 33.4. The predicted octanol–water partition coefficient (Wildman–Crippen LogP) is 0.659. The number of ether oxygens (including phenoxy) is 3. The Kier molecular flexibility index (Phi) is 6.77. The first-order valence-corrected chi connectivity index (χ1v) is 11.1. The lowest BCUT2D eigenvalue weighted by Crippen LogP contribution is -2.56. The zero-order valence-electron chi connectivity index (χ0n) is 18.2. The topological polar surface area (TPSA) is 157 Å². The van der Waals surface area contributed by atoms with Crippen LogP contribution in [0.3, 0.4) is 0 Å². The fraction of sp³-hybridized carbons (Fsp3) is 0.364. The number of hydrogen-bond acceptors (Lipinski definition) is 11. The summed E-state index contributed by atoms with van der Waals surface area (Å²) in [6.07, 6.45) is -5.51. The van der Waals surface area contributed by atoms with Crippen molar-refractivity contribution in [2.24, 2.45) is 0 Å². The molecule has 5 atom stereocenters. The molecule has 0 amide bonds. The zero-order chi connectivity index (χ0) is 24.6. The van der Waals surface area contributed by atoms with Crippen molar-refractivity contribution in [3.8, 4) is 0 Å². The summed E-state index contributed by atoms with van der Waals surface area (Å²) < 4.78 is 16.8. The first kappa shape index (κ1) is 24.0. The van der Waals surface area contributed by atoms with Gasteiger partial charge >= 0.3 is 11.9 Å². The Morgan fingerprint density at radius 1 is 1.15 bits per heavy atom. The number of benzene rings is 1. The number of aliphatic hydroxyl groups is 3. The monoisotopic (exact) mass is 490 g/mol. The van der Waals surface area contributed by atoms with Crippen molar-refractivity contribution < 1.29 is 43.9 Å². The van der Waals surface area contributed by atoms with E-state index in [4.69, 9.17) is 9.47 Å². The third-order valence-electron chi connectivity index (χ3n) is 5.49. The van der Waals surface area contributed by atoms with E-state index in [9.17, 15) is 29.7 Å². The van der Waals surface area contributed by atoms with Crippen LogP contribution in [0.1, 0.15) is 39.0 Å². The maximum atomic E-state index is 13.3. The number of rotatable bonds is 6. The number of thiazole rings is 1. The van der Waals surface area contributed by atoms with Crippen molar-refractivity contribution in [3.05, 3.63) is 52.1 Å². The molecule has 0 spiro atoms. The van der Waals surface area contributed by atoms with Crippen molar-refractivity contribution in [1.82, 2.24) is 9.55 Å². The van der Waals surface area contributed by atoms with Gasteiger partial charge < -0.3 is 34.1 Å². The molecule has 4 rings (SSSR count). The minimum Gasteiger partial charge on any atom is -0.464 e. The van der Waals surface area contributed by atoms with Crippen molar-refractivity contribution >= 4 is 40.0 Å². The highest BCUT2D eigenvalue weighted by molar-refractivity contribution is 7.12. The smallest absolute Gasteiger partial charge is 0.357 e. The summed E-state index contributed by atoms with van der Waals surface area (Å²) >= 11 is 0.988. The molecule has 0 saturated carbocycles. The molecule has 1 fully saturated rings. The van der Waals surface area contributed by atoms with Crippen molar-refractivity contribution in [1.29, 1.82) is 0 Å². The summed E-state index contributed by atoms with van der Waals surface area (Å²) in [6.45, 7) is 0.858. The maximum absolute atomic E-state index is 13.3. The van der Waals surface area contributed by atoms with Crippen LogP contribution >= 0.6 is 11.3 Å². The van der Waals surface area contributed by atoms with E-state index < -0.39 is 48.4 Å². The van der Waals surface area contributed by atoms with Gasteiger partial charge in [0.1, 0.15) is 31.0 Å². The van der Waals surface area contributed by atoms with Crippen molar-refractivity contribution in [2.45, 2.75) is 37.6 Å². The van der Waals surface area contributed by atoms with Crippen LogP contribution < -0.4 is 0 Å². The molecule has 34 heavy (non-hydrogen) atoms. The summed E-state index contributed by atoms with van der Waals surface area (Å²) in [4.78, 5) is 40.2. The van der Waals surface area contributed by atoms with E-state index in [1.807, 2.05) is 0 Å². The molecule has 12 heteroatoms. The van der Waals surface area contributed by atoms with E-state index in [1.54, 1.807) is 24.3 Å². The molecule has 5 unspecified atom stereocenters. The highest BCUT2D eigenvalue weighted by Crippen LogP contribution is 2.34. The normalized spacial score (nSPS) is 24.7. The molecule has 1 aliphatic rings. The third-order valence-corrected chi connectivity index (χ3v) is 6.33. The van der Waals surface area contributed by atoms with Crippen LogP contribution in [0.15, 0.2) is 35.8 Å². The minimum absolute atomic E-state index is 0.0102. The second-order valence-electron chi connectivity index (χ2n) is 7.67. The highest BCUT2D eigenvalue weighted by Gasteiger charge is 2.45. The number of carbonyl (C=O) groups is 3.